The Hall–Kier alpha value is -1.53. The molecule has 0 saturated carbocycles. The Kier molecular flexibility index (Phi) is 5.18. The highest BCUT2D eigenvalue weighted by atomic mass is 19.1. The van der Waals surface area contributed by atoms with Crippen LogP contribution < -0.4 is 0 Å². The van der Waals surface area contributed by atoms with E-state index in [9.17, 15) is 14.5 Å². The molecule has 0 fully saturated rings. The van der Waals surface area contributed by atoms with Gasteiger partial charge in [0.25, 0.3) is 5.69 Å². The number of rotatable bonds is 6. The lowest BCUT2D eigenvalue weighted by Crippen LogP contribution is -2.32. The summed E-state index contributed by atoms with van der Waals surface area (Å²) in [4.78, 5) is 11.9. The van der Waals surface area contributed by atoms with E-state index < -0.39 is 10.7 Å². The van der Waals surface area contributed by atoms with Crippen LogP contribution in [0, 0.1) is 15.9 Å². The van der Waals surface area contributed by atoms with E-state index in [1.807, 2.05) is 18.7 Å². The van der Waals surface area contributed by atoms with Crippen molar-refractivity contribution in [2.45, 2.75) is 26.4 Å². The molecular formula is C12H17FN2O3. The molecule has 0 aliphatic heterocycles. The first-order chi connectivity index (χ1) is 8.43. The van der Waals surface area contributed by atoms with Crippen LogP contribution in [0.5, 0.6) is 0 Å². The molecule has 18 heavy (non-hydrogen) atoms. The number of benzene rings is 1. The number of halogens is 1. The Morgan fingerprint density at radius 2 is 2.11 bits per heavy atom. The van der Waals surface area contributed by atoms with Crippen LogP contribution in [0.25, 0.3) is 0 Å². The fraction of sp³-hybridized carbons (Fsp3) is 0.500. The van der Waals surface area contributed by atoms with Gasteiger partial charge in [0.15, 0.2) is 0 Å². The van der Waals surface area contributed by atoms with E-state index in [0.717, 1.165) is 6.07 Å². The zero-order valence-corrected chi connectivity index (χ0v) is 10.5. The normalized spacial score (nSPS) is 11.2. The first-order valence-corrected chi connectivity index (χ1v) is 5.72. The molecule has 1 aromatic carbocycles. The van der Waals surface area contributed by atoms with Crippen LogP contribution in [0.1, 0.15) is 19.4 Å². The highest BCUT2D eigenvalue weighted by molar-refractivity contribution is 5.35. The molecule has 1 aromatic rings. The molecule has 0 unspecified atom stereocenters. The summed E-state index contributed by atoms with van der Waals surface area (Å²) in [7, 11) is 0. The van der Waals surface area contributed by atoms with Crippen LogP contribution in [-0.2, 0) is 6.54 Å². The van der Waals surface area contributed by atoms with E-state index in [4.69, 9.17) is 5.11 Å². The number of nitro groups is 1. The van der Waals surface area contributed by atoms with Crippen LogP contribution in [0.4, 0.5) is 10.1 Å². The molecule has 0 aromatic heterocycles. The average molecular weight is 256 g/mol. The molecular weight excluding hydrogens is 239 g/mol. The summed E-state index contributed by atoms with van der Waals surface area (Å²) in [6, 6.07) is 3.70. The second kappa shape index (κ2) is 6.42. The van der Waals surface area contributed by atoms with Gasteiger partial charge in [-0.05, 0) is 25.5 Å². The Morgan fingerprint density at radius 3 is 2.61 bits per heavy atom. The fourth-order valence-corrected chi connectivity index (χ4v) is 1.71. The zero-order chi connectivity index (χ0) is 13.7. The van der Waals surface area contributed by atoms with Gasteiger partial charge in [-0.3, -0.25) is 15.0 Å². The van der Waals surface area contributed by atoms with Crippen LogP contribution in [0.3, 0.4) is 0 Å². The quantitative estimate of drug-likeness (QED) is 0.624. The van der Waals surface area contributed by atoms with E-state index >= 15 is 0 Å². The topological polar surface area (TPSA) is 66.6 Å². The monoisotopic (exact) mass is 256 g/mol. The SMILES string of the molecule is CC(C)N(CCO)Cc1cc(F)cc([N+](=O)[O-])c1. The van der Waals surface area contributed by atoms with E-state index in [1.165, 1.54) is 12.1 Å². The van der Waals surface area contributed by atoms with Gasteiger partial charge < -0.3 is 5.11 Å². The van der Waals surface area contributed by atoms with Gasteiger partial charge in [0.1, 0.15) is 5.82 Å². The van der Waals surface area contributed by atoms with E-state index in [2.05, 4.69) is 0 Å². The minimum Gasteiger partial charge on any atom is -0.395 e. The maximum absolute atomic E-state index is 13.3. The standard InChI is InChI=1S/C12H17FN2O3/c1-9(2)14(3-4-16)8-10-5-11(13)7-12(6-10)15(17)18/h5-7,9,16H,3-4,8H2,1-2H3. The second-order valence-corrected chi connectivity index (χ2v) is 4.36. The Balaban J connectivity index is 2.91. The maximum atomic E-state index is 13.3. The molecule has 5 nitrogen and oxygen atoms in total. The van der Waals surface area contributed by atoms with Gasteiger partial charge in [-0.1, -0.05) is 0 Å². The average Bonchev–Trinajstić information content (AvgIpc) is 2.27. The van der Waals surface area contributed by atoms with Crippen LogP contribution in [-0.4, -0.2) is 34.1 Å². The summed E-state index contributed by atoms with van der Waals surface area (Å²) < 4.78 is 13.3. The molecule has 0 saturated heterocycles. The first-order valence-electron chi connectivity index (χ1n) is 5.72. The van der Waals surface area contributed by atoms with Crippen molar-refractivity contribution in [3.63, 3.8) is 0 Å². The van der Waals surface area contributed by atoms with Gasteiger partial charge in [-0.2, -0.15) is 0 Å². The van der Waals surface area contributed by atoms with E-state index in [0.29, 0.717) is 18.7 Å². The van der Waals surface area contributed by atoms with Gasteiger partial charge in [-0.25, -0.2) is 4.39 Å². The summed E-state index contributed by atoms with van der Waals surface area (Å²) in [5, 5.41) is 19.6. The summed E-state index contributed by atoms with van der Waals surface area (Å²) in [6.07, 6.45) is 0. The summed E-state index contributed by atoms with van der Waals surface area (Å²) in [5.74, 6) is -0.619. The van der Waals surface area contributed by atoms with Crippen molar-refractivity contribution in [3.8, 4) is 0 Å². The molecule has 6 heteroatoms. The van der Waals surface area contributed by atoms with Crippen molar-refractivity contribution >= 4 is 5.69 Å². The molecule has 0 aliphatic rings. The third-order valence-corrected chi connectivity index (χ3v) is 2.66. The van der Waals surface area contributed by atoms with Crippen LogP contribution >= 0.6 is 0 Å². The van der Waals surface area contributed by atoms with Crippen molar-refractivity contribution < 1.29 is 14.4 Å². The lowest BCUT2D eigenvalue weighted by Gasteiger charge is -2.25. The molecule has 100 valence electrons. The number of hydrogen-bond donors (Lipinski definition) is 1. The molecule has 1 N–H and O–H groups in total. The van der Waals surface area contributed by atoms with Crippen LogP contribution in [0.15, 0.2) is 18.2 Å². The highest BCUT2D eigenvalue weighted by Crippen LogP contribution is 2.18. The van der Waals surface area contributed by atoms with Gasteiger partial charge >= 0.3 is 0 Å². The van der Waals surface area contributed by atoms with Crippen molar-refractivity contribution in [2.24, 2.45) is 0 Å². The lowest BCUT2D eigenvalue weighted by molar-refractivity contribution is -0.385. The number of non-ortho nitro benzene ring substituents is 1. The van der Waals surface area contributed by atoms with Crippen molar-refractivity contribution in [3.05, 3.63) is 39.7 Å². The third-order valence-electron chi connectivity index (χ3n) is 2.66. The zero-order valence-electron chi connectivity index (χ0n) is 10.5. The van der Waals surface area contributed by atoms with Gasteiger partial charge in [0.2, 0.25) is 0 Å². The highest BCUT2D eigenvalue weighted by Gasteiger charge is 2.14. The predicted octanol–water partition coefficient (Wildman–Crippen LogP) is 1.94. The largest absolute Gasteiger partial charge is 0.395 e. The van der Waals surface area contributed by atoms with E-state index in [1.54, 1.807) is 0 Å². The Bertz CT molecular complexity index is 424. The predicted molar refractivity (Wildman–Crippen MR) is 65.7 cm³/mol. The molecule has 0 radical (unpaired) electrons. The molecule has 0 aliphatic carbocycles. The Labute approximate surface area is 105 Å². The third kappa shape index (κ3) is 4.05. The number of aliphatic hydroxyl groups excluding tert-OH is 1. The maximum Gasteiger partial charge on any atom is 0.272 e. The minimum atomic E-state index is -0.619. The van der Waals surface area contributed by atoms with Gasteiger partial charge in [0.05, 0.1) is 17.6 Å². The number of nitrogens with zero attached hydrogens (tertiary/aromatic N) is 2. The summed E-state index contributed by atoms with van der Waals surface area (Å²) in [6.45, 7) is 4.71. The van der Waals surface area contributed by atoms with Crippen molar-refractivity contribution in [1.82, 2.24) is 4.90 Å². The summed E-state index contributed by atoms with van der Waals surface area (Å²) >= 11 is 0. The molecule has 0 bridgehead atoms. The summed E-state index contributed by atoms with van der Waals surface area (Å²) in [5.41, 5.74) is 0.279. The van der Waals surface area contributed by atoms with Crippen molar-refractivity contribution in [1.29, 1.82) is 0 Å². The fourth-order valence-electron chi connectivity index (χ4n) is 1.71. The lowest BCUT2D eigenvalue weighted by atomic mass is 10.1. The van der Waals surface area contributed by atoms with Crippen molar-refractivity contribution in [2.75, 3.05) is 13.2 Å². The van der Waals surface area contributed by atoms with Gasteiger partial charge in [-0.15, -0.1) is 0 Å². The molecule has 1 rings (SSSR count). The number of aliphatic hydroxyl groups is 1. The number of hydrogen-bond acceptors (Lipinski definition) is 4. The minimum absolute atomic E-state index is 0.00438. The molecule has 0 heterocycles. The number of nitro benzene ring substituents is 1. The molecule has 0 amide bonds. The first kappa shape index (κ1) is 14.5. The smallest absolute Gasteiger partial charge is 0.272 e. The second-order valence-electron chi connectivity index (χ2n) is 4.36. The Morgan fingerprint density at radius 1 is 1.44 bits per heavy atom. The van der Waals surface area contributed by atoms with E-state index in [-0.39, 0.29) is 18.3 Å². The molecule has 0 spiro atoms. The van der Waals surface area contributed by atoms with Crippen LogP contribution in [0.2, 0.25) is 0 Å². The molecule has 0 atom stereocenters. The van der Waals surface area contributed by atoms with Gasteiger partial charge in [0, 0.05) is 25.2 Å².